The average Bonchev–Trinajstić information content (AvgIpc) is 3.04. The molecule has 4 nitrogen and oxygen atoms in total. The topological polar surface area (TPSA) is 40.2 Å². The fourth-order valence-corrected chi connectivity index (χ4v) is 1.68. The third kappa shape index (κ3) is 2.90. The van der Waals surface area contributed by atoms with Crippen molar-refractivity contribution in [3.63, 3.8) is 0 Å². The molecule has 1 aromatic rings. The Balaban J connectivity index is 1.64. The van der Waals surface area contributed by atoms with E-state index in [9.17, 15) is 0 Å². The van der Waals surface area contributed by atoms with Crippen molar-refractivity contribution in [2.24, 2.45) is 0 Å². The van der Waals surface area contributed by atoms with Crippen LogP contribution in [0.25, 0.3) is 0 Å². The first-order valence-electron chi connectivity index (χ1n) is 5.94. The van der Waals surface area contributed by atoms with E-state index in [1.807, 2.05) is 25.1 Å². The van der Waals surface area contributed by atoms with E-state index in [2.05, 4.69) is 0 Å². The molecule has 1 aromatic carbocycles. The molecule has 2 atom stereocenters. The maximum atomic E-state index is 5.66. The Hall–Kier alpha value is -1.26. The van der Waals surface area contributed by atoms with Crippen LogP contribution in [0, 0.1) is 6.92 Å². The molecule has 0 aromatic heterocycles. The zero-order chi connectivity index (χ0) is 11.7. The quantitative estimate of drug-likeness (QED) is 0.732. The second-order valence-corrected chi connectivity index (χ2v) is 4.45. The van der Waals surface area contributed by atoms with Crippen LogP contribution in [0.1, 0.15) is 12.0 Å². The molecule has 0 saturated carbocycles. The zero-order valence-corrected chi connectivity index (χ0v) is 9.85. The predicted octanol–water partition coefficient (Wildman–Crippen LogP) is 1.90. The minimum Gasteiger partial charge on any atom is -0.491 e. The molecule has 2 unspecified atom stereocenters. The van der Waals surface area contributed by atoms with Crippen molar-refractivity contribution in [2.45, 2.75) is 25.7 Å². The van der Waals surface area contributed by atoms with E-state index in [-0.39, 0.29) is 12.4 Å². The maximum Gasteiger partial charge on any atom is 0.202 e. The standard InChI is InChI=1S/C13H16O4/c1-9-4-10(15-7-12-8-16-12)6-11(5-9)17-13-2-3-14-13/h4-6,12-13H,2-3,7-8H2,1H3. The van der Waals surface area contributed by atoms with E-state index in [1.165, 1.54) is 0 Å². The van der Waals surface area contributed by atoms with Crippen molar-refractivity contribution >= 4 is 0 Å². The van der Waals surface area contributed by atoms with Gasteiger partial charge in [0.1, 0.15) is 24.2 Å². The highest BCUT2D eigenvalue weighted by Gasteiger charge is 2.23. The van der Waals surface area contributed by atoms with E-state index in [0.717, 1.165) is 36.7 Å². The number of hydrogen-bond donors (Lipinski definition) is 0. The largest absolute Gasteiger partial charge is 0.491 e. The minimum atomic E-state index is -0.0867. The minimum absolute atomic E-state index is 0.0867. The summed E-state index contributed by atoms with van der Waals surface area (Å²) in [6.45, 7) is 4.24. The lowest BCUT2D eigenvalue weighted by molar-refractivity contribution is -0.165. The van der Waals surface area contributed by atoms with Crippen molar-refractivity contribution in [1.82, 2.24) is 0 Å². The van der Waals surface area contributed by atoms with Gasteiger partial charge in [-0.2, -0.15) is 0 Å². The summed E-state index contributed by atoms with van der Waals surface area (Å²) < 4.78 is 21.6. The van der Waals surface area contributed by atoms with Crippen molar-refractivity contribution in [3.05, 3.63) is 23.8 Å². The van der Waals surface area contributed by atoms with Gasteiger partial charge in [-0.1, -0.05) is 0 Å². The number of hydrogen-bond acceptors (Lipinski definition) is 4. The van der Waals surface area contributed by atoms with Crippen LogP contribution in [-0.4, -0.2) is 32.2 Å². The molecular weight excluding hydrogens is 220 g/mol. The zero-order valence-electron chi connectivity index (χ0n) is 9.85. The Morgan fingerprint density at radius 2 is 2.00 bits per heavy atom. The SMILES string of the molecule is Cc1cc(OCC2CO2)cc(OC2CCO2)c1. The van der Waals surface area contributed by atoms with Crippen molar-refractivity contribution < 1.29 is 18.9 Å². The molecule has 0 amide bonds. The Morgan fingerprint density at radius 1 is 1.24 bits per heavy atom. The summed E-state index contributed by atoms with van der Waals surface area (Å²) in [6, 6.07) is 5.89. The second-order valence-electron chi connectivity index (χ2n) is 4.45. The van der Waals surface area contributed by atoms with Crippen LogP contribution in [-0.2, 0) is 9.47 Å². The Bertz CT molecular complexity index is 396. The number of benzene rings is 1. The van der Waals surface area contributed by atoms with E-state index >= 15 is 0 Å². The van der Waals surface area contributed by atoms with E-state index in [0.29, 0.717) is 6.61 Å². The van der Waals surface area contributed by atoms with Gasteiger partial charge in [0.05, 0.1) is 13.2 Å². The van der Waals surface area contributed by atoms with Gasteiger partial charge in [-0.15, -0.1) is 0 Å². The lowest BCUT2D eigenvalue weighted by atomic mass is 10.2. The van der Waals surface area contributed by atoms with Crippen molar-refractivity contribution in [2.75, 3.05) is 19.8 Å². The average molecular weight is 236 g/mol. The van der Waals surface area contributed by atoms with Gasteiger partial charge in [0, 0.05) is 12.5 Å². The van der Waals surface area contributed by atoms with E-state index < -0.39 is 0 Å². The molecule has 0 bridgehead atoms. The highest BCUT2D eigenvalue weighted by Crippen LogP contribution is 2.26. The monoisotopic (exact) mass is 236 g/mol. The molecule has 4 heteroatoms. The molecule has 0 aliphatic carbocycles. The molecule has 3 rings (SSSR count). The molecule has 0 N–H and O–H groups in total. The van der Waals surface area contributed by atoms with Gasteiger partial charge in [-0.05, 0) is 24.6 Å². The second kappa shape index (κ2) is 4.55. The van der Waals surface area contributed by atoms with Gasteiger partial charge >= 0.3 is 0 Å². The maximum absolute atomic E-state index is 5.66. The van der Waals surface area contributed by atoms with Gasteiger partial charge in [0.25, 0.3) is 0 Å². The fourth-order valence-electron chi connectivity index (χ4n) is 1.68. The van der Waals surface area contributed by atoms with Gasteiger partial charge in [0.15, 0.2) is 0 Å². The van der Waals surface area contributed by atoms with Crippen LogP contribution in [0.15, 0.2) is 18.2 Å². The third-order valence-corrected chi connectivity index (χ3v) is 2.79. The van der Waals surface area contributed by atoms with Crippen LogP contribution in [0.3, 0.4) is 0 Å². The molecule has 0 radical (unpaired) electrons. The van der Waals surface area contributed by atoms with Crippen LogP contribution in [0.2, 0.25) is 0 Å². The summed E-state index contributed by atoms with van der Waals surface area (Å²) in [4.78, 5) is 0. The summed E-state index contributed by atoms with van der Waals surface area (Å²) >= 11 is 0. The highest BCUT2D eigenvalue weighted by atomic mass is 16.7. The van der Waals surface area contributed by atoms with E-state index in [1.54, 1.807) is 0 Å². The van der Waals surface area contributed by atoms with Crippen molar-refractivity contribution in [1.29, 1.82) is 0 Å². The summed E-state index contributed by atoms with van der Waals surface area (Å²) in [5.41, 5.74) is 1.12. The van der Waals surface area contributed by atoms with Crippen LogP contribution in [0.5, 0.6) is 11.5 Å². The first-order valence-corrected chi connectivity index (χ1v) is 5.94. The third-order valence-electron chi connectivity index (χ3n) is 2.79. The number of aryl methyl sites for hydroxylation is 1. The van der Waals surface area contributed by atoms with Crippen LogP contribution >= 0.6 is 0 Å². The summed E-state index contributed by atoms with van der Waals surface area (Å²) in [5, 5.41) is 0. The Kier molecular flexibility index (Phi) is 2.91. The summed E-state index contributed by atoms with van der Waals surface area (Å²) in [5.74, 6) is 1.64. The molecule has 92 valence electrons. The molecule has 17 heavy (non-hydrogen) atoms. The van der Waals surface area contributed by atoms with Crippen LogP contribution < -0.4 is 9.47 Å². The highest BCUT2D eigenvalue weighted by molar-refractivity contribution is 5.38. The molecule has 2 saturated heterocycles. The van der Waals surface area contributed by atoms with Crippen LogP contribution in [0.4, 0.5) is 0 Å². The van der Waals surface area contributed by atoms with Gasteiger partial charge in [-0.3, -0.25) is 0 Å². The first kappa shape index (κ1) is 10.9. The molecule has 2 aliphatic heterocycles. The first-order chi connectivity index (χ1) is 8.29. The molecule has 2 aliphatic rings. The smallest absolute Gasteiger partial charge is 0.202 e. The van der Waals surface area contributed by atoms with Crippen molar-refractivity contribution in [3.8, 4) is 11.5 Å². The number of epoxide rings is 1. The number of rotatable bonds is 5. The molecule has 0 spiro atoms. The Morgan fingerprint density at radius 3 is 2.65 bits per heavy atom. The molecular formula is C13H16O4. The van der Waals surface area contributed by atoms with Gasteiger partial charge in [0.2, 0.25) is 6.29 Å². The van der Waals surface area contributed by atoms with Gasteiger partial charge in [-0.25, -0.2) is 0 Å². The molecule has 2 fully saturated rings. The lowest BCUT2D eigenvalue weighted by Crippen LogP contribution is -2.32. The number of ether oxygens (including phenoxy) is 4. The normalized spacial score (nSPS) is 26.2. The lowest BCUT2D eigenvalue weighted by Gasteiger charge is -2.27. The Labute approximate surface area is 100 Å². The summed E-state index contributed by atoms with van der Waals surface area (Å²) in [6.07, 6.45) is 1.14. The summed E-state index contributed by atoms with van der Waals surface area (Å²) in [7, 11) is 0. The predicted molar refractivity (Wildman–Crippen MR) is 61.4 cm³/mol. The fraction of sp³-hybridized carbons (Fsp3) is 0.538. The molecule has 2 heterocycles. The van der Waals surface area contributed by atoms with E-state index in [4.69, 9.17) is 18.9 Å². The van der Waals surface area contributed by atoms with Gasteiger partial charge < -0.3 is 18.9 Å².